The van der Waals surface area contributed by atoms with Gasteiger partial charge in [0, 0.05) is 19.6 Å². The summed E-state index contributed by atoms with van der Waals surface area (Å²) in [6.45, 7) is 0. The van der Waals surface area contributed by atoms with Crippen molar-refractivity contribution in [1.82, 2.24) is 0 Å². The van der Waals surface area contributed by atoms with Crippen molar-refractivity contribution in [2.75, 3.05) is 0 Å². The first kappa shape index (κ1) is 26.4. The Balaban J connectivity index is 0.000000258. The van der Waals surface area contributed by atoms with Crippen LogP contribution in [0.4, 0.5) is 0 Å². The Labute approximate surface area is 196 Å². The maximum atomic E-state index is 8.35. The molecule has 32 heavy (non-hydrogen) atoms. The Morgan fingerprint density at radius 1 is 0.406 bits per heavy atom. The standard InChI is InChI=1S/2C12H10S.2CHNO/c2*1-3-7-11(8-4-1)13-12-9-5-2-6-10-12;2*2-1-3/h2*1-10H;2*2H. The minimum Gasteiger partial charge on any atom is -0.222 e. The molecule has 0 bridgehead atoms. The summed E-state index contributed by atoms with van der Waals surface area (Å²) in [4.78, 5) is 21.8. The Bertz CT molecular complexity index is 886. The van der Waals surface area contributed by atoms with Crippen LogP contribution in [0.15, 0.2) is 141 Å². The quantitative estimate of drug-likeness (QED) is 0.245. The zero-order chi connectivity index (χ0) is 23.3. The third-order valence-electron chi connectivity index (χ3n) is 3.44. The van der Waals surface area contributed by atoms with Gasteiger partial charge in [0.15, 0.2) is 0 Å². The van der Waals surface area contributed by atoms with Gasteiger partial charge >= 0.3 is 0 Å². The molecule has 0 saturated heterocycles. The number of isocyanates is 2. The van der Waals surface area contributed by atoms with Gasteiger partial charge in [-0.3, -0.25) is 0 Å². The van der Waals surface area contributed by atoms with E-state index >= 15 is 0 Å². The highest BCUT2D eigenvalue weighted by molar-refractivity contribution is 7.99. The first-order valence-electron chi connectivity index (χ1n) is 9.37. The average Bonchev–Trinajstić information content (AvgIpc) is 2.83. The molecule has 0 aliphatic rings. The fourth-order valence-electron chi connectivity index (χ4n) is 2.23. The van der Waals surface area contributed by atoms with Gasteiger partial charge < -0.3 is 0 Å². The van der Waals surface area contributed by atoms with Gasteiger partial charge in [0.2, 0.25) is 12.2 Å². The van der Waals surface area contributed by atoms with Crippen molar-refractivity contribution in [3.05, 3.63) is 121 Å². The molecular formula is C26H22N2O2S2. The van der Waals surface area contributed by atoms with Crippen LogP contribution in [0.25, 0.3) is 0 Å². The van der Waals surface area contributed by atoms with Crippen molar-refractivity contribution in [2.45, 2.75) is 19.6 Å². The van der Waals surface area contributed by atoms with Crippen LogP contribution in [0.3, 0.4) is 0 Å². The fourth-order valence-corrected chi connectivity index (χ4v) is 3.94. The monoisotopic (exact) mass is 458 g/mol. The molecule has 0 aromatic heterocycles. The molecule has 160 valence electrons. The molecule has 0 heterocycles. The van der Waals surface area contributed by atoms with Crippen LogP contribution in [0, 0.1) is 10.8 Å². The van der Waals surface area contributed by atoms with Gasteiger partial charge in [0.25, 0.3) is 0 Å². The van der Waals surface area contributed by atoms with Gasteiger partial charge in [-0.15, -0.1) is 0 Å². The molecule has 2 N–H and O–H groups in total. The molecule has 0 atom stereocenters. The van der Waals surface area contributed by atoms with Crippen LogP contribution in [0.1, 0.15) is 0 Å². The van der Waals surface area contributed by atoms with Crippen molar-refractivity contribution < 1.29 is 9.59 Å². The molecule has 4 aromatic carbocycles. The second-order valence-corrected chi connectivity index (χ2v) is 7.95. The summed E-state index contributed by atoms with van der Waals surface area (Å²) in [5.41, 5.74) is 0. The highest BCUT2D eigenvalue weighted by Gasteiger charge is 1.94. The highest BCUT2D eigenvalue weighted by Crippen LogP contribution is 2.27. The first-order valence-corrected chi connectivity index (χ1v) is 11.0. The van der Waals surface area contributed by atoms with E-state index in [2.05, 4.69) is 97.1 Å². The smallest absolute Gasteiger partial charge is 0.222 e. The number of carbonyl (C=O) groups excluding carboxylic acids is 2. The van der Waals surface area contributed by atoms with Crippen LogP contribution in [-0.2, 0) is 9.59 Å². The van der Waals surface area contributed by atoms with Gasteiger partial charge in [-0.25, -0.2) is 20.4 Å². The third-order valence-corrected chi connectivity index (χ3v) is 5.48. The number of hydrogen-bond donors (Lipinski definition) is 2. The molecule has 0 saturated carbocycles. The highest BCUT2D eigenvalue weighted by atomic mass is 32.2. The largest absolute Gasteiger partial charge is 0.231 e. The molecule has 0 spiro atoms. The fraction of sp³-hybridized carbons (Fsp3) is 0. The van der Waals surface area contributed by atoms with Crippen LogP contribution in [0.5, 0.6) is 0 Å². The van der Waals surface area contributed by atoms with E-state index in [1.807, 2.05) is 24.3 Å². The Morgan fingerprint density at radius 2 is 0.562 bits per heavy atom. The topological polar surface area (TPSA) is 81.8 Å². The lowest BCUT2D eigenvalue weighted by Crippen LogP contribution is -1.70. The van der Waals surface area contributed by atoms with E-state index in [1.54, 1.807) is 23.5 Å². The summed E-state index contributed by atoms with van der Waals surface area (Å²) in [7, 11) is 0. The van der Waals surface area contributed by atoms with Crippen molar-refractivity contribution in [1.29, 1.82) is 10.8 Å². The predicted molar refractivity (Wildman–Crippen MR) is 131 cm³/mol. The molecule has 0 fully saturated rings. The average molecular weight is 459 g/mol. The van der Waals surface area contributed by atoms with Crippen molar-refractivity contribution in [3.63, 3.8) is 0 Å². The molecule has 4 nitrogen and oxygen atoms in total. The molecule has 0 amide bonds. The lowest BCUT2D eigenvalue weighted by molar-refractivity contribution is 0.562. The van der Waals surface area contributed by atoms with E-state index in [9.17, 15) is 0 Å². The van der Waals surface area contributed by atoms with Gasteiger partial charge in [0.05, 0.1) is 0 Å². The summed E-state index contributed by atoms with van der Waals surface area (Å²) in [6.07, 6.45) is 1.50. The van der Waals surface area contributed by atoms with Crippen molar-refractivity contribution in [3.8, 4) is 0 Å². The summed E-state index contributed by atoms with van der Waals surface area (Å²) in [5, 5.41) is 10.8. The van der Waals surface area contributed by atoms with E-state index in [0.29, 0.717) is 0 Å². The van der Waals surface area contributed by atoms with Gasteiger partial charge in [-0.05, 0) is 48.5 Å². The van der Waals surface area contributed by atoms with E-state index in [-0.39, 0.29) is 0 Å². The molecular weight excluding hydrogens is 436 g/mol. The Kier molecular flexibility index (Phi) is 14.9. The zero-order valence-electron chi connectivity index (χ0n) is 17.2. The van der Waals surface area contributed by atoms with E-state index in [1.165, 1.54) is 19.6 Å². The SMILES string of the molecule is N=C=O.N=C=O.c1ccc(Sc2ccccc2)cc1.c1ccc(Sc2ccccc2)cc1. The minimum absolute atomic E-state index is 0.750. The maximum Gasteiger partial charge on any atom is 0.231 e. The lowest BCUT2D eigenvalue weighted by Gasteiger charge is -1.99. The second-order valence-electron chi connectivity index (χ2n) is 5.66. The van der Waals surface area contributed by atoms with E-state index in [0.717, 1.165) is 12.2 Å². The van der Waals surface area contributed by atoms with Crippen molar-refractivity contribution in [2.24, 2.45) is 0 Å². The molecule has 0 unspecified atom stereocenters. The summed E-state index contributed by atoms with van der Waals surface area (Å²) in [5.74, 6) is 0. The first-order chi connectivity index (χ1) is 15.7. The van der Waals surface area contributed by atoms with Gasteiger partial charge in [0.1, 0.15) is 0 Å². The number of benzene rings is 4. The molecule has 4 aromatic rings. The molecule has 0 radical (unpaired) electrons. The van der Waals surface area contributed by atoms with Gasteiger partial charge in [-0.1, -0.05) is 96.3 Å². The molecule has 0 aliphatic heterocycles. The molecule has 0 aliphatic carbocycles. The minimum atomic E-state index is 0.750. The van der Waals surface area contributed by atoms with Crippen molar-refractivity contribution >= 4 is 35.7 Å². The Morgan fingerprint density at radius 3 is 0.719 bits per heavy atom. The van der Waals surface area contributed by atoms with Crippen LogP contribution in [-0.4, -0.2) is 12.2 Å². The zero-order valence-corrected chi connectivity index (χ0v) is 18.8. The summed E-state index contributed by atoms with van der Waals surface area (Å²) >= 11 is 3.58. The lowest BCUT2D eigenvalue weighted by atomic mass is 10.4. The second kappa shape index (κ2) is 18.1. The van der Waals surface area contributed by atoms with Crippen LogP contribution >= 0.6 is 23.5 Å². The number of hydrogen-bond acceptors (Lipinski definition) is 6. The van der Waals surface area contributed by atoms with Crippen LogP contribution < -0.4 is 0 Å². The van der Waals surface area contributed by atoms with Gasteiger partial charge in [-0.2, -0.15) is 0 Å². The third kappa shape index (κ3) is 12.8. The van der Waals surface area contributed by atoms with Crippen LogP contribution in [0.2, 0.25) is 0 Å². The number of nitrogens with one attached hydrogen (secondary N) is 2. The number of rotatable bonds is 4. The molecule has 4 rings (SSSR count). The maximum absolute atomic E-state index is 8.35. The van der Waals surface area contributed by atoms with E-state index in [4.69, 9.17) is 20.4 Å². The normalized spacial score (nSPS) is 8.50. The van der Waals surface area contributed by atoms with E-state index < -0.39 is 0 Å². The Hall–Kier alpha value is -3.66. The summed E-state index contributed by atoms with van der Waals surface area (Å²) < 4.78 is 0. The molecule has 6 heteroatoms. The predicted octanol–water partition coefficient (Wildman–Crippen LogP) is 7.48. The summed E-state index contributed by atoms with van der Waals surface area (Å²) in [6, 6.07) is 41.6.